The van der Waals surface area contributed by atoms with Gasteiger partial charge in [-0.05, 0) is 61.6 Å². The summed E-state index contributed by atoms with van der Waals surface area (Å²) in [6, 6.07) is 12.3. The lowest BCUT2D eigenvalue weighted by molar-refractivity contribution is 0.475. The van der Waals surface area contributed by atoms with E-state index in [9.17, 15) is 0 Å². The third kappa shape index (κ3) is 5.93. The fourth-order valence-electron chi connectivity index (χ4n) is 4.40. The van der Waals surface area contributed by atoms with E-state index < -0.39 is 0 Å². The Morgan fingerprint density at radius 3 is 2.58 bits per heavy atom. The van der Waals surface area contributed by atoms with Crippen LogP contribution < -0.4 is 27.0 Å². The number of nitrogens with zero attached hydrogens (tertiary/aromatic N) is 4. The molecule has 1 aliphatic rings. The second-order valence-electron chi connectivity index (χ2n) is 10.5. The van der Waals surface area contributed by atoms with Gasteiger partial charge in [0.2, 0.25) is 0 Å². The van der Waals surface area contributed by atoms with Crippen molar-refractivity contribution < 1.29 is 0 Å². The highest BCUT2D eigenvalue weighted by atomic mass is 32.2. The SMILES string of the molecule is CC(/C=C(\N)N(C)c1ccc(-c2cnn(CC(C)C)c2C)c(C(C)C)n1)=C(/N)NC1Nc2ccccc2S1. The summed E-state index contributed by atoms with van der Waals surface area (Å²) in [5, 5.41) is 11.4. The zero-order chi connectivity index (χ0) is 27.6. The van der Waals surface area contributed by atoms with Gasteiger partial charge in [-0.1, -0.05) is 51.6 Å². The van der Waals surface area contributed by atoms with E-state index in [-0.39, 0.29) is 11.4 Å². The second kappa shape index (κ2) is 11.4. The van der Waals surface area contributed by atoms with Gasteiger partial charge < -0.3 is 27.0 Å². The van der Waals surface area contributed by atoms with E-state index in [0.717, 1.165) is 46.1 Å². The molecule has 1 atom stereocenters. The normalized spacial score (nSPS) is 15.9. The molecule has 0 aliphatic carbocycles. The van der Waals surface area contributed by atoms with Gasteiger partial charge >= 0.3 is 0 Å². The lowest BCUT2D eigenvalue weighted by Gasteiger charge is -2.22. The van der Waals surface area contributed by atoms with Crippen LogP contribution in [0.5, 0.6) is 0 Å². The molecule has 0 fully saturated rings. The van der Waals surface area contributed by atoms with Crippen molar-refractivity contribution in [1.82, 2.24) is 20.1 Å². The smallest absolute Gasteiger partial charge is 0.151 e. The number of anilines is 2. The van der Waals surface area contributed by atoms with Crippen molar-refractivity contribution in [3.8, 4) is 11.1 Å². The molecule has 3 heterocycles. The summed E-state index contributed by atoms with van der Waals surface area (Å²) in [5.74, 6) is 2.67. The topological polar surface area (TPSA) is 110 Å². The maximum atomic E-state index is 6.51. The van der Waals surface area contributed by atoms with Crippen LogP contribution in [0.4, 0.5) is 11.5 Å². The van der Waals surface area contributed by atoms with E-state index in [2.05, 4.69) is 73.2 Å². The fourth-order valence-corrected chi connectivity index (χ4v) is 5.43. The highest BCUT2D eigenvalue weighted by Crippen LogP contribution is 2.37. The number of nitrogens with two attached hydrogens (primary N) is 2. The van der Waals surface area contributed by atoms with E-state index in [1.165, 1.54) is 4.90 Å². The number of fused-ring (bicyclic) bond motifs is 1. The van der Waals surface area contributed by atoms with Crippen LogP contribution in [0.2, 0.25) is 0 Å². The van der Waals surface area contributed by atoms with E-state index in [1.807, 2.05) is 49.3 Å². The number of para-hydroxylation sites is 1. The van der Waals surface area contributed by atoms with Crippen LogP contribution in [0.1, 0.15) is 51.9 Å². The molecule has 1 aromatic carbocycles. The molecule has 0 radical (unpaired) electrons. The molecule has 6 N–H and O–H groups in total. The van der Waals surface area contributed by atoms with Crippen LogP contribution in [-0.2, 0) is 6.54 Å². The first-order chi connectivity index (χ1) is 18.0. The minimum atomic E-state index is -0.0362. The molecule has 9 heteroatoms. The molecule has 0 saturated carbocycles. The molecule has 8 nitrogen and oxygen atoms in total. The first kappa shape index (κ1) is 27.4. The van der Waals surface area contributed by atoms with E-state index >= 15 is 0 Å². The van der Waals surface area contributed by atoms with E-state index in [1.54, 1.807) is 11.8 Å². The van der Waals surface area contributed by atoms with Crippen molar-refractivity contribution in [3.05, 3.63) is 77.3 Å². The quantitative estimate of drug-likeness (QED) is 0.266. The van der Waals surface area contributed by atoms with Crippen LogP contribution >= 0.6 is 11.8 Å². The third-order valence-electron chi connectivity index (χ3n) is 6.61. The Bertz CT molecular complexity index is 1330. The predicted molar refractivity (Wildman–Crippen MR) is 160 cm³/mol. The van der Waals surface area contributed by atoms with Gasteiger partial charge in [0.25, 0.3) is 0 Å². The summed E-state index contributed by atoms with van der Waals surface area (Å²) >= 11 is 1.70. The summed E-state index contributed by atoms with van der Waals surface area (Å²) in [7, 11) is 1.92. The Kier molecular flexibility index (Phi) is 8.26. The Balaban J connectivity index is 1.53. The monoisotopic (exact) mass is 532 g/mol. The van der Waals surface area contributed by atoms with E-state index in [4.69, 9.17) is 16.5 Å². The standard InChI is InChI=1S/C29H40N8S/c1-17(2)16-37-20(6)22(15-32-37)21-12-13-26(34-27(21)18(3)4)36(7)25(30)14-19(5)28(31)35-29-33-23-10-8-9-11-24(23)38-29/h8-15,17-18,29,33,35H,16,30-31H2,1-7H3/b25-14+,28-19+. The Labute approximate surface area is 230 Å². The summed E-state index contributed by atoms with van der Waals surface area (Å²) in [5.41, 5.74) is 19.2. The summed E-state index contributed by atoms with van der Waals surface area (Å²) in [6.07, 6.45) is 3.83. The van der Waals surface area contributed by atoms with Crippen LogP contribution in [-0.4, -0.2) is 27.3 Å². The maximum absolute atomic E-state index is 6.51. The number of pyridine rings is 1. The maximum Gasteiger partial charge on any atom is 0.151 e. The summed E-state index contributed by atoms with van der Waals surface area (Å²) in [4.78, 5) is 8.12. The van der Waals surface area contributed by atoms with Gasteiger partial charge in [-0.25, -0.2) is 4.98 Å². The molecule has 202 valence electrons. The molecule has 0 saturated heterocycles. The van der Waals surface area contributed by atoms with Gasteiger partial charge in [-0.3, -0.25) is 4.68 Å². The molecule has 38 heavy (non-hydrogen) atoms. The van der Waals surface area contributed by atoms with E-state index in [0.29, 0.717) is 17.6 Å². The molecule has 4 rings (SSSR count). The molecule has 2 aromatic heterocycles. The summed E-state index contributed by atoms with van der Waals surface area (Å²) in [6.45, 7) is 13.7. The first-order valence-corrected chi connectivity index (χ1v) is 13.9. The largest absolute Gasteiger partial charge is 0.385 e. The average Bonchev–Trinajstić information content (AvgIpc) is 3.45. The number of aromatic nitrogens is 3. The Morgan fingerprint density at radius 1 is 1.16 bits per heavy atom. The minimum Gasteiger partial charge on any atom is -0.385 e. The van der Waals surface area contributed by atoms with Gasteiger partial charge in [-0.15, -0.1) is 0 Å². The van der Waals surface area contributed by atoms with Gasteiger partial charge in [0.1, 0.15) is 17.5 Å². The van der Waals surface area contributed by atoms with Crippen molar-refractivity contribution >= 4 is 23.3 Å². The van der Waals surface area contributed by atoms with Gasteiger partial charge in [0.05, 0.1) is 17.6 Å². The first-order valence-electron chi connectivity index (χ1n) is 13.0. The average molecular weight is 533 g/mol. The van der Waals surface area contributed by atoms with Crippen molar-refractivity contribution in [3.63, 3.8) is 0 Å². The highest BCUT2D eigenvalue weighted by molar-refractivity contribution is 8.00. The minimum absolute atomic E-state index is 0.0362. The lowest BCUT2D eigenvalue weighted by atomic mass is 9.98. The van der Waals surface area contributed by atoms with Crippen molar-refractivity contribution in [2.75, 3.05) is 17.3 Å². The number of hydrogen-bond acceptors (Lipinski definition) is 8. The van der Waals surface area contributed by atoms with Crippen LogP contribution in [0.3, 0.4) is 0 Å². The zero-order valence-electron chi connectivity index (χ0n) is 23.4. The fraction of sp³-hybridized carbons (Fsp3) is 0.379. The molecule has 1 aliphatic heterocycles. The number of allylic oxidation sites excluding steroid dienone is 2. The Hall–Kier alpha value is -3.59. The number of rotatable bonds is 9. The van der Waals surface area contributed by atoms with Crippen LogP contribution in [0, 0.1) is 12.8 Å². The molecule has 0 spiro atoms. The number of nitrogens with one attached hydrogen (secondary N) is 2. The number of benzene rings is 1. The summed E-state index contributed by atoms with van der Waals surface area (Å²) < 4.78 is 2.08. The molecule has 1 unspecified atom stereocenters. The van der Waals surface area contributed by atoms with Gasteiger partial charge in [-0.2, -0.15) is 5.10 Å². The molecule has 0 bridgehead atoms. The van der Waals surface area contributed by atoms with Crippen molar-refractivity contribution in [2.45, 2.75) is 64.4 Å². The van der Waals surface area contributed by atoms with Gasteiger partial charge in [0, 0.05) is 35.3 Å². The second-order valence-corrected chi connectivity index (χ2v) is 11.6. The van der Waals surface area contributed by atoms with Crippen LogP contribution in [0.25, 0.3) is 11.1 Å². The number of hydrogen-bond donors (Lipinski definition) is 4. The zero-order valence-corrected chi connectivity index (χ0v) is 24.2. The van der Waals surface area contributed by atoms with Crippen LogP contribution in [0.15, 0.2) is 70.8 Å². The van der Waals surface area contributed by atoms with Crippen molar-refractivity contribution in [1.29, 1.82) is 0 Å². The number of thioether (sulfide) groups is 1. The van der Waals surface area contributed by atoms with Crippen molar-refractivity contribution in [2.24, 2.45) is 17.4 Å². The predicted octanol–water partition coefficient (Wildman–Crippen LogP) is 5.55. The molecule has 3 aromatic rings. The Morgan fingerprint density at radius 2 is 1.89 bits per heavy atom. The lowest BCUT2D eigenvalue weighted by Crippen LogP contribution is -2.34. The third-order valence-corrected chi connectivity index (χ3v) is 7.69. The molecule has 0 amide bonds. The molecular weight excluding hydrogens is 492 g/mol. The highest BCUT2D eigenvalue weighted by Gasteiger charge is 2.21. The molecular formula is C29H40N8S. The van der Waals surface area contributed by atoms with Gasteiger partial charge in [0.15, 0.2) is 5.50 Å².